The largest absolute Gasteiger partial charge is 0.495 e. The van der Waals surface area contributed by atoms with Crippen LogP contribution in [0.1, 0.15) is 43.5 Å². The number of methoxy groups -OCH3 is 1. The predicted octanol–water partition coefficient (Wildman–Crippen LogP) is 3.23. The van der Waals surface area contributed by atoms with Crippen LogP contribution in [0.2, 0.25) is 0 Å². The van der Waals surface area contributed by atoms with Gasteiger partial charge in [0.15, 0.2) is 5.16 Å². The highest BCUT2D eigenvalue weighted by Crippen LogP contribution is 2.47. The lowest BCUT2D eigenvalue weighted by molar-refractivity contribution is 0.416. The van der Waals surface area contributed by atoms with Crippen LogP contribution in [0.5, 0.6) is 5.75 Å². The van der Waals surface area contributed by atoms with Gasteiger partial charge in [0.25, 0.3) is 0 Å². The van der Waals surface area contributed by atoms with Crippen LogP contribution in [0.25, 0.3) is 0 Å². The van der Waals surface area contributed by atoms with Gasteiger partial charge in [0.05, 0.1) is 12.8 Å². The standard InChI is InChI=1S/C15H18N4OS/c1-20-13-8-11(6-7-12(13)16)21-15-18-17-14(9-2-3-9)19(15)10-4-5-10/h6-10H,2-5,16H2,1H3. The minimum absolute atomic E-state index is 0.605. The molecule has 21 heavy (non-hydrogen) atoms. The molecule has 2 saturated carbocycles. The lowest BCUT2D eigenvalue weighted by Crippen LogP contribution is -2.01. The van der Waals surface area contributed by atoms with Crippen LogP contribution >= 0.6 is 11.8 Å². The van der Waals surface area contributed by atoms with E-state index in [9.17, 15) is 0 Å². The molecule has 2 aliphatic carbocycles. The van der Waals surface area contributed by atoms with Gasteiger partial charge in [-0.3, -0.25) is 0 Å². The second-order valence-electron chi connectivity index (χ2n) is 5.72. The molecule has 1 aromatic carbocycles. The second kappa shape index (κ2) is 4.94. The normalized spacial score (nSPS) is 18.0. The minimum atomic E-state index is 0.605. The van der Waals surface area contributed by atoms with Crippen LogP contribution in [-0.4, -0.2) is 21.9 Å². The lowest BCUT2D eigenvalue weighted by atomic mass is 10.3. The number of aromatic nitrogens is 3. The van der Waals surface area contributed by atoms with Crippen molar-refractivity contribution in [3.8, 4) is 5.75 Å². The molecule has 0 atom stereocenters. The molecule has 2 N–H and O–H groups in total. The molecule has 4 rings (SSSR count). The molecule has 0 spiro atoms. The van der Waals surface area contributed by atoms with Crippen LogP contribution in [-0.2, 0) is 0 Å². The number of hydrogen-bond acceptors (Lipinski definition) is 5. The molecule has 2 aromatic rings. The fraction of sp³-hybridized carbons (Fsp3) is 0.467. The molecule has 1 aromatic heterocycles. The molecule has 110 valence electrons. The maximum atomic E-state index is 5.87. The summed E-state index contributed by atoms with van der Waals surface area (Å²) in [5, 5.41) is 9.84. The average Bonchev–Trinajstić information content (AvgIpc) is 3.40. The SMILES string of the molecule is COc1cc(Sc2nnc(C3CC3)n2C2CC2)ccc1N. The average molecular weight is 302 g/mol. The predicted molar refractivity (Wildman–Crippen MR) is 81.8 cm³/mol. The van der Waals surface area contributed by atoms with Gasteiger partial charge in [-0.2, -0.15) is 0 Å². The number of nitrogens with two attached hydrogens (primary N) is 1. The zero-order valence-electron chi connectivity index (χ0n) is 12.0. The van der Waals surface area contributed by atoms with Crippen molar-refractivity contribution in [3.63, 3.8) is 0 Å². The molecule has 2 fully saturated rings. The number of nitrogen functional groups attached to an aromatic ring is 1. The van der Waals surface area contributed by atoms with Crippen molar-refractivity contribution in [1.29, 1.82) is 0 Å². The molecule has 2 aliphatic rings. The third-order valence-corrected chi connectivity index (χ3v) is 4.91. The summed E-state index contributed by atoms with van der Waals surface area (Å²) < 4.78 is 7.64. The highest BCUT2D eigenvalue weighted by atomic mass is 32.2. The highest BCUT2D eigenvalue weighted by Gasteiger charge is 2.36. The van der Waals surface area contributed by atoms with Crippen LogP contribution in [0.4, 0.5) is 5.69 Å². The van der Waals surface area contributed by atoms with Crippen molar-refractivity contribution in [2.45, 2.75) is 47.7 Å². The molecule has 0 radical (unpaired) electrons. The van der Waals surface area contributed by atoms with Gasteiger partial charge in [-0.05, 0) is 55.6 Å². The maximum Gasteiger partial charge on any atom is 0.196 e. The summed E-state index contributed by atoms with van der Waals surface area (Å²) in [5.41, 5.74) is 6.52. The van der Waals surface area contributed by atoms with Gasteiger partial charge < -0.3 is 15.0 Å². The maximum absolute atomic E-state index is 5.87. The summed E-state index contributed by atoms with van der Waals surface area (Å²) in [6.45, 7) is 0. The number of nitrogens with zero attached hydrogens (tertiary/aromatic N) is 3. The van der Waals surface area contributed by atoms with Crippen molar-refractivity contribution >= 4 is 17.4 Å². The Morgan fingerprint density at radius 2 is 2.05 bits per heavy atom. The van der Waals surface area contributed by atoms with E-state index in [0.717, 1.165) is 10.1 Å². The lowest BCUT2D eigenvalue weighted by Gasteiger charge is -2.09. The smallest absolute Gasteiger partial charge is 0.196 e. The molecule has 5 nitrogen and oxygen atoms in total. The Morgan fingerprint density at radius 1 is 1.24 bits per heavy atom. The van der Waals surface area contributed by atoms with Crippen molar-refractivity contribution in [2.75, 3.05) is 12.8 Å². The third-order valence-electron chi connectivity index (χ3n) is 3.96. The van der Waals surface area contributed by atoms with E-state index in [4.69, 9.17) is 10.5 Å². The summed E-state index contributed by atoms with van der Waals surface area (Å²) in [6.07, 6.45) is 5.00. The molecule has 0 bridgehead atoms. The van der Waals surface area contributed by atoms with E-state index in [2.05, 4.69) is 14.8 Å². The van der Waals surface area contributed by atoms with Crippen molar-refractivity contribution in [2.24, 2.45) is 0 Å². The minimum Gasteiger partial charge on any atom is -0.495 e. The quantitative estimate of drug-likeness (QED) is 0.859. The van der Waals surface area contributed by atoms with Gasteiger partial charge in [0.1, 0.15) is 11.6 Å². The summed E-state index contributed by atoms with van der Waals surface area (Å²) in [4.78, 5) is 1.08. The Bertz CT molecular complexity index is 676. The van der Waals surface area contributed by atoms with Crippen LogP contribution in [0.3, 0.4) is 0 Å². The van der Waals surface area contributed by atoms with Gasteiger partial charge in [0.2, 0.25) is 0 Å². The zero-order valence-corrected chi connectivity index (χ0v) is 12.8. The molecule has 0 saturated heterocycles. The molecule has 1 heterocycles. The zero-order chi connectivity index (χ0) is 14.4. The van der Waals surface area contributed by atoms with Crippen LogP contribution in [0, 0.1) is 0 Å². The number of benzene rings is 1. The number of ether oxygens (including phenoxy) is 1. The Kier molecular flexibility index (Phi) is 3.06. The molecule has 0 amide bonds. The van der Waals surface area contributed by atoms with Crippen LogP contribution in [0.15, 0.2) is 28.3 Å². The first-order valence-electron chi connectivity index (χ1n) is 7.32. The monoisotopic (exact) mass is 302 g/mol. The first-order chi connectivity index (χ1) is 10.3. The Morgan fingerprint density at radius 3 is 2.71 bits per heavy atom. The van der Waals surface area contributed by atoms with E-state index in [0.29, 0.717) is 23.4 Å². The first-order valence-corrected chi connectivity index (χ1v) is 8.14. The van der Waals surface area contributed by atoms with Gasteiger partial charge in [0, 0.05) is 16.9 Å². The van der Waals surface area contributed by atoms with Gasteiger partial charge in [-0.15, -0.1) is 10.2 Å². The summed E-state index contributed by atoms with van der Waals surface area (Å²) >= 11 is 1.64. The summed E-state index contributed by atoms with van der Waals surface area (Å²) in [6, 6.07) is 6.45. The third kappa shape index (κ3) is 2.48. The Labute approximate surface area is 127 Å². The van der Waals surface area contributed by atoms with Gasteiger partial charge in [-0.1, -0.05) is 0 Å². The van der Waals surface area contributed by atoms with E-state index in [1.165, 1.54) is 31.5 Å². The van der Waals surface area contributed by atoms with Crippen molar-refractivity contribution in [1.82, 2.24) is 14.8 Å². The Balaban J connectivity index is 1.65. The van der Waals surface area contributed by atoms with E-state index < -0.39 is 0 Å². The number of rotatable bonds is 5. The topological polar surface area (TPSA) is 66.0 Å². The summed E-state index contributed by atoms with van der Waals surface area (Å²) in [5.74, 6) is 2.52. The van der Waals surface area contributed by atoms with E-state index in [1.807, 2.05) is 18.2 Å². The van der Waals surface area contributed by atoms with Gasteiger partial charge in [-0.25, -0.2) is 0 Å². The number of hydrogen-bond donors (Lipinski definition) is 1. The van der Waals surface area contributed by atoms with Crippen molar-refractivity contribution in [3.05, 3.63) is 24.0 Å². The molecule has 0 unspecified atom stereocenters. The first kappa shape index (κ1) is 13.0. The highest BCUT2D eigenvalue weighted by molar-refractivity contribution is 7.99. The van der Waals surface area contributed by atoms with Gasteiger partial charge >= 0.3 is 0 Å². The molecule has 6 heteroatoms. The van der Waals surface area contributed by atoms with E-state index >= 15 is 0 Å². The second-order valence-corrected chi connectivity index (χ2v) is 6.76. The molecular weight excluding hydrogens is 284 g/mol. The molecular formula is C15H18N4OS. The van der Waals surface area contributed by atoms with E-state index in [-0.39, 0.29) is 0 Å². The number of anilines is 1. The van der Waals surface area contributed by atoms with Crippen molar-refractivity contribution < 1.29 is 4.74 Å². The summed E-state index contributed by atoms with van der Waals surface area (Å²) in [7, 11) is 1.64. The Hall–Kier alpha value is -1.69. The fourth-order valence-corrected chi connectivity index (χ4v) is 3.45. The molecule has 0 aliphatic heterocycles. The van der Waals surface area contributed by atoms with E-state index in [1.54, 1.807) is 18.9 Å². The fourth-order valence-electron chi connectivity index (χ4n) is 2.51. The van der Waals surface area contributed by atoms with Crippen LogP contribution < -0.4 is 10.5 Å².